The molecule has 1 aromatic carbocycles. The lowest BCUT2D eigenvalue weighted by atomic mass is 9.84. The molecule has 1 aliphatic carbocycles. The van der Waals surface area contributed by atoms with Crippen LogP contribution in [0, 0.1) is 11.7 Å². The molecule has 2 rings (SSSR count). The maximum Gasteiger partial charge on any atom is 0.416 e. The molecule has 0 amide bonds. The van der Waals surface area contributed by atoms with E-state index in [2.05, 4.69) is 0 Å². The van der Waals surface area contributed by atoms with Gasteiger partial charge in [0.2, 0.25) is 0 Å². The summed E-state index contributed by atoms with van der Waals surface area (Å²) < 4.78 is 50.8. The Labute approximate surface area is 104 Å². The van der Waals surface area contributed by atoms with E-state index in [0.717, 1.165) is 31.7 Å². The molecule has 0 N–H and O–H groups in total. The highest BCUT2D eigenvalue weighted by molar-refractivity contribution is 5.26. The third kappa shape index (κ3) is 3.24. The molecule has 0 unspecified atom stereocenters. The molecule has 1 aliphatic rings. The lowest BCUT2D eigenvalue weighted by molar-refractivity contribution is -0.137. The molecular formula is C14H16F4. The number of alkyl halides is 3. The van der Waals surface area contributed by atoms with Crippen LogP contribution < -0.4 is 0 Å². The molecule has 0 nitrogen and oxygen atoms in total. The van der Waals surface area contributed by atoms with Crippen molar-refractivity contribution in [1.82, 2.24) is 0 Å². The van der Waals surface area contributed by atoms with E-state index >= 15 is 0 Å². The maximum absolute atomic E-state index is 13.6. The van der Waals surface area contributed by atoms with Gasteiger partial charge in [-0.2, -0.15) is 13.2 Å². The van der Waals surface area contributed by atoms with Gasteiger partial charge in [-0.15, -0.1) is 0 Å². The third-order valence-corrected chi connectivity index (χ3v) is 3.61. The minimum absolute atomic E-state index is 0.412. The van der Waals surface area contributed by atoms with E-state index in [1.54, 1.807) is 0 Å². The van der Waals surface area contributed by atoms with Gasteiger partial charge in [0.25, 0.3) is 0 Å². The smallest absolute Gasteiger partial charge is 0.207 e. The van der Waals surface area contributed by atoms with Crippen LogP contribution in [0.2, 0.25) is 0 Å². The second-order valence-electron chi connectivity index (χ2n) is 5.01. The van der Waals surface area contributed by atoms with Crippen molar-refractivity contribution in [2.24, 2.45) is 5.92 Å². The number of benzene rings is 1. The molecule has 0 saturated heterocycles. The Balaban J connectivity index is 2.09. The molecule has 0 aromatic heterocycles. The van der Waals surface area contributed by atoms with Crippen molar-refractivity contribution in [3.8, 4) is 0 Å². The SMILES string of the molecule is Fc1cc(C(F)(F)F)ccc1CC1CCCCC1. The van der Waals surface area contributed by atoms with Crippen molar-refractivity contribution in [3.63, 3.8) is 0 Å². The zero-order valence-corrected chi connectivity index (χ0v) is 10.1. The summed E-state index contributed by atoms with van der Waals surface area (Å²) in [6.45, 7) is 0. The van der Waals surface area contributed by atoms with E-state index in [4.69, 9.17) is 0 Å². The summed E-state index contributed by atoms with van der Waals surface area (Å²) in [6, 6.07) is 2.87. The van der Waals surface area contributed by atoms with Gasteiger partial charge >= 0.3 is 6.18 Å². The average Bonchev–Trinajstić information content (AvgIpc) is 2.32. The first-order chi connectivity index (χ1) is 8.47. The molecule has 0 aliphatic heterocycles. The van der Waals surface area contributed by atoms with Crippen LogP contribution >= 0.6 is 0 Å². The normalized spacial score (nSPS) is 18.0. The van der Waals surface area contributed by atoms with Crippen molar-refractivity contribution in [2.75, 3.05) is 0 Å². The first kappa shape index (κ1) is 13.4. The predicted molar refractivity (Wildman–Crippen MR) is 61.7 cm³/mol. The highest BCUT2D eigenvalue weighted by atomic mass is 19.4. The first-order valence-electron chi connectivity index (χ1n) is 6.32. The molecular weight excluding hydrogens is 244 g/mol. The first-order valence-corrected chi connectivity index (χ1v) is 6.32. The summed E-state index contributed by atoms with van der Waals surface area (Å²) in [5, 5.41) is 0. The standard InChI is InChI=1S/C14H16F4/c15-13-9-12(14(16,17)18)7-6-11(13)8-10-4-2-1-3-5-10/h6-7,9-10H,1-5,8H2. The molecule has 0 radical (unpaired) electrons. The van der Waals surface area contributed by atoms with E-state index in [9.17, 15) is 17.6 Å². The number of halogens is 4. The Kier molecular flexibility index (Phi) is 3.93. The quantitative estimate of drug-likeness (QED) is 0.659. The Morgan fingerprint density at radius 3 is 2.28 bits per heavy atom. The summed E-state index contributed by atoms with van der Waals surface area (Å²) in [5.41, 5.74) is -0.498. The van der Waals surface area contributed by atoms with E-state index in [1.165, 1.54) is 12.5 Å². The lowest BCUT2D eigenvalue weighted by Gasteiger charge is -2.21. The van der Waals surface area contributed by atoms with Crippen LogP contribution in [0.25, 0.3) is 0 Å². The van der Waals surface area contributed by atoms with E-state index in [0.29, 0.717) is 24.0 Å². The summed E-state index contributed by atoms with van der Waals surface area (Å²) in [6.07, 6.45) is 1.71. The van der Waals surface area contributed by atoms with E-state index in [-0.39, 0.29) is 0 Å². The van der Waals surface area contributed by atoms with E-state index in [1.807, 2.05) is 0 Å². The van der Waals surface area contributed by atoms with Gasteiger partial charge in [-0.05, 0) is 30.0 Å². The van der Waals surface area contributed by atoms with Crippen LogP contribution in [0.1, 0.15) is 43.2 Å². The monoisotopic (exact) mass is 260 g/mol. The zero-order chi connectivity index (χ0) is 13.2. The van der Waals surface area contributed by atoms with Crippen molar-refractivity contribution < 1.29 is 17.6 Å². The Hall–Kier alpha value is -1.06. The molecule has 18 heavy (non-hydrogen) atoms. The van der Waals surface area contributed by atoms with Gasteiger partial charge in [-0.1, -0.05) is 38.2 Å². The van der Waals surface area contributed by atoms with Crippen LogP contribution in [0.4, 0.5) is 17.6 Å². The molecule has 1 aromatic rings. The van der Waals surface area contributed by atoms with Crippen molar-refractivity contribution in [2.45, 2.75) is 44.7 Å². The van der Waals surface area contributed by atoms with Gasteiger partial charge in [0.05, 0.1) is 5.56 Å². The summed E-state index contributed by atoms with van der Waals surface area (Å²) >= 11 is 0. The Bertz CT molecular complexity index is 403. The van der Waals surface area contributed by atoms with Crippen LogP contribution in [0.15, 0.2) is 18.2 Å². The molecule has 0 heterocycles. The largest absolute Gasteiger partial charge is 0.416 e. The summed E-state index contributed by atoms with van der Waals surface area (Å²) in [4.78, 5) is 0. The molecule has 0 spiro atoms. The summed E-state index contributed by atoms with van der Waals surface area (Å²) in [7, 11) is 0. The molecule has 0 atom stereocenters. The second-order valence-corrected chi connectivity index (χ2v) is 5.01. The van der Waals surface area contributed by atoms with Gasteiger partial charge < -0.3 is 0 Å². The Morgan fingerprint density at radius 1 is 1.06 bits per heavy atom. The Morgan fingerprint density at radius 2 is 1.72 bits per heavy atom. The third-order valence-electron chi connectivity index (χ3n) is 3.61. The predicted octanol–water partition coefficient (Wildman–Crippen LogP) is 4.97. The fourth-order valence-electron chi connectivity index (χ4n) is 2.59. The average molecular weight is 260 g/mol. The fourth-order valence-corrected chi connectivity index (χ4v) is 2.59. The zero-order valence-electron chi connectivity index (χ0n) is 10.1. The number of hydrogen-bond acceptors (Lipinski definition) is 0. The molecule has 4 heteroatoms. The van der Waals surface area contributed by atoms with Crippen molar-refractivity contribution in [3.05, 3.63) is 35.1 Å². The van der Waals surface area contributed by atoms with E-state index < -0.39 is 17.6 Å². The minimum atomic E-state index is -4.47. The number of rotatable bonds is 2. The minimum Gasteiger partial charge on any atom is -0.207 e. The van der Waals surface area contributed by atoms with Crippen molar-refractivity contribution >= 4 is 0 Å². The number of hydrogen-bond donors (Lipinski definition) is 0. The van der Waals surface area contributed by atoms with Gasteiger partial charge in [0.1, 0.15) is 5.82 Å². The second kappa shape index (κ2) is 5.29. The van der Waals surface area contributed by atoms with Gasteiger partial charge in [0.15, 0.2) is 0 Å². The maximum atomic E-state index is 13.6. The van der Waals surface area contributed by atoms with Gasteiger partial charge in [-0.25, -0.2) is 4.39 Å². The van der Waals surface area contributed by atoms with Crippen LogP contribution in [-0.4, -0.2) is 0 Å². The van der Waals surface area contributed by atoms with Crippen LogP contribution in [0.3, 0.4) is 0 Å². The lowest BCUT2D eigenvalue weighted by Crippen LogP contribution is -2.11. The highest BCUT2D eigenvalue weighted by Crippen LogP contribution is 2.32. The van der Waals surface area contributed by atoms with Gasteiger partial charge in [-0.3, -0.25) is 0 Å². The molecule has 0 bridgehead atoms. The van der Waals surface area contributed by atoms with Crippen LogP contribution in [-0.2, 0) is 12.6 Å². The molecule has 100 valence electrons. The van der Waals surface area contributed by atoms with Gasteiger partial charge in [0, 0.05) is 0 Å². The summed E-state index contributed by atoms with van der Waals surface area (Å²) in [5.74, 6) is -0.305. The molecule has 1 fully saturated rings. The topological polar surface area (TPSA) is 0 Å². The van der Waals surface area contributed by atoms with Crippen LogP contribution in [0.5, 0.6) is 0 Å². The fraction of sp³-hybridized carbons (Fsp3) is 0.571. The molecule has 1 saturated carbocycles. The van der Waals surface area contributed by atoms with Crippen molar-refractivity contribution in [1.29, 1.82) is 0 Å². The highest BCUT2D eigenvalue weighted by Gasteiger charge is 2.31.